The van der Waals surface area contributed by atoms with Crippen molar-refractivity contribution in [2.24, 2.45) is 5.10 Å². The summed E-state index contributed by atoms with van der Waals surface area (Å²) in [6.07, 6.45) is 1.50. The molecule has 0 spiro atoms. The summed E-state index contributed by atoms with van der Waals surface area (Å²) in [5.41, 5.74) is 3.36. The van der Waals surface area contributed by atoms with E-state index in [1.165, 1.54) is 6.21 Å². The van der Waals surface area contributed by atoms with Crippen molar-refractivity contribution in [3.05, 3.63) is 29.8 Å². The van der Waals surface area contributed by atoms with Gasteiger partial charge in [-0.05, 0) is 26.0 Å². The maximum absolute atomic E-state index is 10.6. The fraction of sp³-hybridized carbons (Fsp3) is 0.312. The highest BCUT2D eigenvalue weighted by Gasteiger charge is 2.06. The molecule has 2 rings (SSSR count). The Morgan fingerprint density at radius 2 is 1.73 bits per heavy atom. The third-order valence-corrected chi connectivity index (χ3v) is 2.94. The van der Waals surface area contributed by atoms with Gasteiger partial charge in [0.25, 0.3) is 0 Å². The molecule has 1 aromatic carbocycles. The number of carbonyl (C=O) groups is 1. The van der Waals surface area contributed by atoms with Gasteiger partial charge in [-0.1, -0.05) is 12.1 Å². The number of aliphatic carboxylic acids is 1. The lowest BCUT2D eigenvalue weighted by atomic mass is 10.2. The molecule has 1 heterocycles. The fourth-order valence-electron chi connectivity index (χ4n) is 1.92. The molecule has 2 aromatic rings. The fourth-order valence-corrected chi connectivity index (χ4v) is 1.92. The number of carboxylic acids is 1. The van der Waals surface area contributed by atoms with Crippen molar-refractivity contribution >= 4 is 30.0 Å². The Morgan fingerprint density at radius 1 is 1.12 bits per heavy atom. The van der Waals surface area contributed by atoms with Crippen molar-refractivity contribution in [2.75, 3.05) is 35.8 Å². The van der Waals surface area contributed by atoms with E-state index >= 15 is 0 Å². The standard InChI is InChI=1S/C16H21N7O3/c1-3-17-14-20-15(18-4-2)22-16(21-14)23-19-9-11-7-5-6-8-12(11)26-10-13(24)25/h5-9H,3-4,10H2,1-2H3,(H,24,25)(H3,17,18,20,21,22,23)/b19-9+. The first-order valence-electron chi connectivity index (χ1n) is 8.08. The minimum Gasteiger partial charge on any atom is -0.481 e. The molecular formula is C16H21N7O3. The van der Waals surface area contributed by atoms with Crippen molar-refractivity contribution < 1.29 is 14.6 Å². The van der Waals surface area contributed by atoms with Gasteiger partial charge in [0.2, 0.25) is 17.8 Å². The lowest BCUT2D eigenvalue weighted by Crippen LogP contribution is -2.11. The second-order valence-corrected chi connectivity index (χ2v) is 4.96. The lowest BCUT2D eigenvalue weighted by molar-refractivity contribution is -0.139. The van der Waals surface area contributed by atoms with Crippen molar-refractivity contribution in [1.29, 1.82) is 0 Å². The average molecular weight is 359 g/mol. The molecule has 0 radical (unpaired) electrons. The zero-order chi connectivity index (χ0) is 18.8. The second kappa shape index (κ2) is 9.77. The van der Waals surface area contributed by atoms with Crippen molar-refractivity contribution in [3.8, 4) is 5.75 Å². The van der Waals surface area contributed by atoms with Gasteiger partial charge in [-0.2, -0.15) is 20.1 Å². The number of rotatable bonds is 10. The Morgan fingerprint density at radius 3 is 2.35 bits per heavy atom. The molecule has 26 heavy (non-hydrogen) atoms. The zero-order valence-corrected chi connectivity index (χ0v) is 14.6. The Hall–Kier alpha value is -3.43. The molecule has 138 valence electrons. The van der Waals surface area contributed by atoms with Gasteiger partial charge < -0.3 is 20.5 Å². The monoisotopic (exact) mass is 359 g/mol. The molecule has 0 bridgehead atoms. The van der Waals surface area contributed by atoms with Crippen LogP contribution in [-0.4, -0.2) is 51.9 Å². The van der Waals surface area contributed by atoms with Crippen molar-refractivity contribution in [1.82, 2.24) is 15.0 Å². The summed E-state index contributed by atoms with van der Waals surface area (Å²) in [4.78, 5) is 23.3. The van der Waals surface area contributed by atoms with Crippen LogP contribution in [0.1, 0.15) is 19.4 Å². The van der Waals surface area contributed by atoms with Crippen LogP contribution in [0.4, 0.5) is 17.8 Å². The molecule has 10 nitrogen and oxygen atoms in total. The Kier molecular flexibility index (Phi) is 7.10. The van der Waals surface area contributed by atoms with Crippen molar-refractivity contribution in [2.45, 2.75) is 13.8 Å². The van der Waals surface area contributed by atoms with Crippen LogP contribution in [0, 0.1) is 0 Å². The van der Waals surface area contributed by atoms with Crippen LogP contribution in [-0.2, 0) is 4.79 Å². The first-order chi connectivity index (χ1) is 12.6. The quantitative estimate of drug-likeness (QED) is 0.369. The Bertz CT molecular complexity index is 743. The topological polar surface area (TPSA) is 134 Å². The number of nitrogens with one attached hydrogen (secondary N) is 3. The number of hydrogen-bond donors (Lipinski definition) is 4. The molecule has 0 amide bonds. The van der Waals surface area contributed by atoms with E-state index in [9.17, 15) is 4.79 Å². The number of hydrogen-bond acceptors (Lipinski definition) is 9. The van der Waals surface area contributed by atoms with Gasteiger partial charge in [-0.3, -0.25) is 0 Å². The molecule has 0 aliphatic carbocycles. The minimum atomic E-state index is -1.05. The number of para-hydroxylation sites is 1. The highest BCUT2D eigenvalue weighted by molar-refractivity contribution is 5.84. The SMILES string of the molecule is CCNc1nc(NCC)nc(N/N=C/c2ccccc2OCC(=O)O)n1. The largest absolute Gasteiger partial charge is 0.481 e. The number of benzene rings is 1. The average Bonchev–Trinajstić information content (AvgIpc) is 2.61. The van der Waals surface area contributed by atoms with Gasteiger partial charge in [-0.25, -0.2) is 10.2 Å². The summed E-state index contributed by atoms with van der Waals surface area (Å²) < 4.78 is 5.22. The predicted molar refractivity (Wildman–Crippen MR) is 98.9 cm³/mol. The molecule has 0 aliphatic heterocycles. The van der Waals surface area contributed by atoms with Crippen LogP contribution in [0.15, 0.2) is 29.4 Å². The number of carboxylic acid groups (broad SMARTS) is 1. The molecule has 1 aromatic heterocycles. The smallest absolute Gasteiger partial charge is 0.341 e. The van der Waals surface area contributed by atoms with E-state index in [4.69, 9.17) is 9.84 Å². The molecule has 0 atom stereocenters. The third kappa shape index (κ3) is 5.89. The third-order valence-electron chi connectivity index (χ3n) is 2.94. The summed E-state index contributed by atoms with van der Waals surface area (Å²) in [5.74, 6) is 0.500. The van der Waals surface area contributed by atoms with E-state index in [0.29, 0.717) is 36.3 Å². The molecule has 4 N–H and O–H groups in total. The number of anilines is 3. The van der Waals surface area contributed by atoms with E-state index in [1.807, 2.05) is 13.8 Å². The van der Waals surface area contributed by atoms with Gasteiger partial charge in [0.1, 0.15) is 5.75 Å². The normalized spacial score (nSPS) is 10.5. The number of hydrazone groups is 1. The Balaban J connectivity index is 2.11. The minimum absolute atomic E-state index is 0.270. The van der Waals surface area contributed by atoms with Crippen LogP contribution in [0.25, 0.3) is 0 Å². The van der Waals surface area contributed by atoms with Crippen LogP contribution in [0.2, 0.25) is 0 Å². The Labute approximate surface area is 150 Å². The van der Waals surface area contributed by atoms with Gasteiger partial charge in [0.05, 0.1) is 6.21 Å². The van der Waals surface area contributed by atoms with Crippen LogP contribution >= 0.6 is 0 Å². The van der Waals surface area contributed by atoms with Gasteiger partial charge >= 0.3 is 5.97 Å². The van der Waals surface area contributed by atoms with E-state index in [2.05, 4.69) is 36.1 Å². The highest BCUT2D eigenvalue weighted by Crippen LogP contribution is 2.16. The van der Waals surface area contributed by atoms with Crippen LogP contribution < -0.4 is 20.8 Å². The van der Waals surface area contributed by atoms with Crippen molar-refractivity contribution in [3.63, 3.8) is 0 Å². The van der Waals surface area contributed by atoms with Crippen LogP contribution in [0.5, 0.6) is 5.75 Å². The molecule has 0 saturated heterocycles. The molecule has 0 aliphatic rings. The number of ether oxygens (including phenoxy) is 1. The maximum Gasteiger partial charge on any atom is 0.341 e. The highest BCUT2D eigenvalue weighted by atomic mass is 16.5. The first-order valence-corrected chi connectivity index (χ1v) is 8.08. The molecule has 0 fully saturated rings. The summed E-state index contributed by atoms with van der Waals surface area (Å²) >= 11 is 0. The summed E-state index contributed by atoms with van der Waals surface area (Å²) in [5, 5.41) is 18.9. The van der Waals surface area contributed by atoms with Crippen LogP contribution in [0.3, 0.4) is 0 Å². The van der Waals surface area contributed by atoms with Gasteiger partial charge in [-0.15, -0.1) is 0 Å². The predicted octanol–water partition coefficient (Wildman–Crippen LogP) is 1.64. The number of aromatic nitrogens is 3. The lowest BCUT2D eigenvalue weighted by Gasteiger charge is -2.08. The van der Waals surface area contributed by atoms with E-state index in [-0.39, 0.29) is 5.95 Å². The molecule has 0 unspecified atom stereocenters. The second-order valence-electron chi connectivity index (χ2n) is 4.96. The first kappa shape index (κ1) is 18.9. The zero-order valence-electron chi connectivity index (χ0n) is 14.6. The number of nitrogens with zero attached hydrogens (tertiary/aromatic N) is 4. The summed E-state index contributed by atoms with van der Waals surface area (Å²) in [7, 11) is 0. The molecule has 0 saturated carbocycles. The molecule has 10 heteroatoms. The van der Waals surface area contributed by atoms with Gasteiger partial charge in [0.15, 0.2) is 6.61 Å². The maximum atomic E-state index is 10.6. The summed E-state index contributed by atoms with van der Waals surface area (Å²) in [6.45, 7) is 4.80. The van der Waals surface area contributed by atoms with E-state index in [1.54, 1.807) is 24.3 Å². The van der Waals surface area contributed by atoms with E-state index in [0.717, 1.165) is 0 Å². The van der Waals surface area contributed by atoms with E-state index < -0.39 is 12.6 Å². The van der Waals surface area contributed by atoms with Gasteiger partial charge in [0, 0.05) is 18.7 Å². The summed E-state index contributed by atoms with van der Waals surface area (Å²) in [6, 6.07) is 6.97. The molecular weight excluding hydrogens is 338 g/mol.